The number of hydrogen-bond acceptors (Lipinski definition) is 3. The van der Waals surface area contributed by atoms with Gasteiger partial charge in [-0.15, -0.1) is 0 Å². The van der Waals surface area contributed by atoms with E-state index in [1.54, 1.807) is 4.90 Å². The fraction of sp³-hybridized carbons (Fsp3) is 0.571. The maximum atomic E-state index is 13.5. The second-order valence-corrected chi connectivity index (χ2v) is 8.21. The Balaban J connectivity index is 1.90. The van der Waals surface area contributed by atoms with Crippen molar-refractivity contribution in [2.45, 2.75) is 23.9 Å². The molecule has 2 fully saturated rings. The van der Waals surface area contributed by atoms with Crippen LogP contribution in [0.5, 0.6) is 0 Å². The zero-order valence-electron chi connectivity index (χ0n) is 11.3. The predicted octanol–water partition coefficient (Wildman–Crippen LogP) is 2.24. The second kappa shape index (κ2) is 4.71. The molecule has 116 valence electrons. The lowest BCUT2D eigenvalue weighted by Crippen LogP contribution is -2.54. The van der Waals surface area contributed by atoms with Gasteiger partial charge in [-0.05, 0) is 12.0 Å². The molecule has 2 saturated heterocycles. The average molecular weight is 319 g/mol. The molecule has 0 spiro atoms. The smallest absolute Gasteiger partial charge is 0.297 e. The van der Waals surface area contributed by atoms with Crippen molar-refractivity contribution in [1.29, 1.82) is 0 Å². The number of sulfone groups is 1. The van der Waals surface area contributed by atoms with Gasteiger partial charge in [-0.2, -0.15) is 13.2 Å². The van der Waals surface area contributed by atoms with Gasteiger partial charge in [0.15, 0.2) is 14.6 Å². The summed E-state index contributed by atoms with van der Waals surface area (Å²) in [4.78, 5) is 1.62. The number of alkyl halides is 3. The summed E-state index contributed by atoms with van der Waals surface area (Å²) in [5, 5.41) is 0. The molecule has 0 aliphatic carbocycles. The van der Waals surface area contributed by atoms with E-state index in [4.69, 9.17) is 0 Å². The molecular formula is C14H16F3NO2S. The van der Waals surface area contributed by atoms with Gasteiger partial charge in [-0.1, -0.05) is 30.3 Å². The van der Waals surface area contributed by atoms with Crippen LogP contribution in [0.3, 0.4) is 0 Å². The highest BCUT2D eigenvalue weighted by atomic mass is 32.2. The zero-order valence-corrected chi connectivity index (χ0v) is 12.1. The lowest BCUT2D eigenvalue weighted by molar-refractivity contribution is -0.165. The van der Waals surface area contributed by atoms with E-state index in [1.165, 1.54) is 0 Å². The number of fused-ring (bicyclic) bond motifs is 1. The maximum absolute atomic E-state index is 13.5. The van der Waals surface area contributed by atoms with Crippen molar-refractivity contribution in [1.82, 2.24) is 4.90 Å². The van der Waals surface area contributed by atoms with Crippen LogP contribution in [0.4, 0.5) is 13.2 Å². The number of benzene rings is 1. The van der Waals surface area contributed by atoms with E-state index in [9.17, 15) is 21.6 Å². The van der Waals surface area contributed by atoms with E-state index < -0.39 is 33.2 Å². The molecule has 21 heavy (non-hydrogen) atoms. The standard InChI is InChI=1S/C14H16F3NO2S/c15-14(16,17)13-10-18(8-11-4-2-1-3-5-11)9-12(13)6-7-21(13,19)20/h1-5,12H,6-10H2/t12-,13+/m1/s1. The molecular weight excluding hydrogens is 303 g/mol. The Kier molecular flexibility index (Phi) is 3.33. The predicted molar refractivity (Wildman–Crippen MR) is 72.4 cm³/mol. The summed E-state index contributed by atoms with van der Waals surface area (Å²) >= 11 is 0. The summed E-state index contributed by atoms with van der Waals surface area (Å²) in [6.07, 6.45) is -4.61. The summed E-state index contributed by atoms with van der Waals surface area (Å²) in [5.41, 5.74) is 0.896. The minimum absolute atomic E-state index is 0.104. The summed E-state index contributed by atoms with van der Waals surface area (Å²) in [5.74, 6) is -1.19. The third-order valence-corrected chi connectivity index (χ3v) is 7.19. The molecule has 7 heteroatoms. The first-order valence-electron chi connectivity index (χ1n) is 6.81. The van der Waals surface area contributed by atoms with E-state index >= 15 is 0 Å². The normalized spacial score (nSPS) is 32.2. The third kappa shape index (κ3) is 2.17. The van der Waals surface area contributed by atoms with Crippen molar-refractivity contribution < 1.29 is 21.6 Å². The van der Waals surface area contributed by atoms with Crippen molar-refractivity contribution in [2.24, 2.45) is 5.92 Å². The van der Waals surface area contributed by atoms with Gasteiger partial charge in [0.25, 0.3) is 0 Å². The van der Waals surface area contributed by atoms with Crippen LogP contribution in [0.15, 0.2) is 30.3 Å². The Labute approximate surface area is 121 Å². The van der Waals surface area contributed by atoms with Gasteiger partial charge in [0.2, 0.25) is 0 Å². The van der Waals surface area contributed by atoms with Crippen LogP contribution >= 0.6 is 0 Å². The first kappa shape index (κ1) is 14.8. The zero-order chi connectivity index (χ0) is 15.3. The van der Waals surface area contributed by atoms with E-state index in [0.29, 0.717) is 6.54 Å². The highest BCUT2D eigenvalue weighted by Crippen LogP contribution is 2.53. The Hall–Kier alpha value is -1.08. The van der Waals surface area contributed by atoms with Crippen molar-refractivity contribution in [3.63, 3.8) is 0 Å². The molecule has 0 radical (unpaired) electrons. The molecule has 3 rings (SSSR count). The van der Waals surface area contributed by atoms with Crippen LogP contribution in [0.1, 0.15) is 12.0 Å². The van der Waals surface area contributed by atoms with Crippen LogP contribution < -0.4 is 0 Å². The number of rotatable bonds is 2. The number of hydrogen-bond donors (Lipinski definition) is 0. The number of halogens is 3. The van der Waals surface area contributed by atoms with Crippen molar-refractivity contribution in [3.05, 3.63) is 35.9 Å². The Morgan fingerprint density at radius 1 is 1.24 bits per heavy atom. The maximum Gasteiger partial charge on any atom is 0.409 e. The highest BCUT2D eigenvalue weighted by molar-refractivity contribution is 7.93. The topological polar surface area (TPSA) is 37.4 Å². The molecule has 2 atom stereocenters. The molecule has 1 aromatic rings. The fourth-order valence-electron chi connectivity index (χ4n) is 3.60. The molecule has 0 unspecified atom stereocenters. The second-order valence-electron chi connectivity index (χ2n) is 5.85. The summed E-state index contributed by atoms with van der Waals surface area (Å²) in [6, 6.07) is 9.15. The molecule has 0 saturated carbocycles. The Morgan fingerprint density at radius 3 is 2.48 bits per heavy atom. The first-order valence-corrected chi connectivity index (χ1v) is 8.47. The Morgan fingerprint density at radius 2 is 1.90 bits per heavy atom. The number of nitrogens with zero attached hydrogens (tertiary/aromatic N) is 1. The van der Waals surface area contributed by atoms with Crippen LogP contribution in [0, 0.1) is 5.92 Å². The van der Waals surface area contributed by atoms with Gasteiger partial charge < -0.3 is 0 Å². The number of likely N-dealkylation sites (tertiary alicyclic amines) is 1. The van der Waals surface area contributed by atoms with E-state index in [2.05, 4.69) is 0 Å². The molecule has 0 aromatic heterocycles. The van der Waals surface area contributed by atoms with Gasteiger partial charge >= 0.3 is 6.18 Å². The molecule has 0 bridgehead atoms. The van der Waals surface area contributed by atoms with E-state index in [0.717, 1.165) is 5.56 Å². The monoisotopic (exact) mass is 319 g/mol. The largest absolute Gasteiger partial charge is 0.409 e. The van der Waals surface area contributed by atoms with Crippen LogP contribution in [-0.4, -0.2) is 43.1 Å². The molecule has 0 amide bonds. The molecule has 0 N–H and O–H groups in total. The minimum Gasteiger partial charge on any atom is -0.297 e. The highest BCUT2D eigenvalue weighted by Gasteiger charge is 2.73. The lowest BCUT2D eigenvalue weighted by atomic mass is 9.93. The summed E-state index contributed by atoms with van der Waals surface area (Å²) in [7, 11) is -4.14. The van der Waals surface area contributed by atoms with Crippen LogP contribution in [0.25, 0.3) is 0 Å². The SMILES string of the molecule is O=S1(=O)CC[C@@H]2CN(Cc3ccccc3)C[C@@]21C(F)(F)F. The van der Waals surface area contributed by atoms with Crippen molar-refractivity contribution in [3.8, 4) is 0 Å². The molecule has 1 aromatic carbocycles. The molecule has 3 nitrogen and oxygen atoms in total. The Bertz CT molecular complexity index is 629. The minimum atomic E-state index is -4.71. The van der Waals surface area contributed by atoms with E-state index in [1.807, 2.05) is 30.3 Å². The molecule has 2 aliphatic rings. The first-order chi connectivity index (χ1) is 9.76. The summed E-state index contributed by atoms with van der Waals surface area (Å²) in [6.45, 7) is 0.0940. The third-order valence-electron chi connectivity index (χ3n) is 4.62. The van der Waals surface area contributed by atoms with Crippen molar-refractivity contribution >= 4 is 9.84 Å². The van der Waals surface area contributed by atoms with Crippen LogP contribution in [-0.2, 0) is 16.4 Å². The van der Waals surface area contributed by atoms with Gasteiger partial charge in [0.1, 0.15) is 0 Å². The van der Waals surface area contributed by atoms with Gasteiger partial charge in [0, 0.05) is 25.6 Å². The summed E-state index contributed by atoms with van der Waals surface area (Å²) < 4.78 is 62.1. The fourth-order valence-corrected chi connectivity index (χ4v) is 5.99. The van der Waals surface area contributed by atoms with Crippen molar-refractivity contribution in [2.75, 3.05) is 18.8 Å². The van der Waals surface area contributed by atoms with E-state index in [-0.39, 0.29) is 18.7 Å². The van der Waals surface area contributed by atoms with Gasteiger partial charge in [-0.3, -0.25) is 4.90 Å². The quantitative estimate of drug-likeness (QED) is 0.839. The van der Waals surface area contributed by atoms with Gasteiger partial charge in [-0.25, -0.2) is 8.42 Å². The lowest BCUT2D eigenvalue weighted by Gasteiger charge is -2.30. The van der Waals surface area contributed by atoms with Crippen LogP contribution in [0.2, 0.25) is 0 Å². The molecule has 2 aliphatic heterocycles. The van der Waals surface area contributed by atoms with Gasteiger partial charge in [0.05, 0.1) is 5.75 Å². The molecule has 2 heterocycles. The average Bonchev–Trinajstić information content (AvgIpc) is 2.88.